The zero-order chi connectivity index (χ0) is 14.8. The molecule has 0 bridgehead atoms. The highest BCUT2D eigenvalue weighted by molar-refractivity contribution is 6.30. The van der Waals surface area contributed by atoms with Gasteiger partial charge in [0.25, 0.3) is 0 Å². The lowest BCUT2D eigenvalue weighted by Crippen LogP contribution is -2.13. The third-order valence-corrected chi connectivity index (χ3v) is 3.40. The van der Waals surface area contributed by atoms with Crippen LogP contribution in [-0.2, 0) is 0 Å². The Morgan fingerprint density at radius 1 is 1.05 bits per heavy atom. The summed E-state index contributed by atoms with van der Waals surface area (Å²) in [4.78, 5) is 4.40. The second-order valence-electron chi connectivity index (χ2n) is 4.62. The number of hydrogen-bond donors (Lipinski definition) is 3. The van der Waals surface area contributed by atoms with Gasteiger partial charge in [0, 0.05) is 10.6 Å². The molecule has 1 atom stereocenters. The summed E-state index contributed by atoms with van der Waals surface area (Å²) in [5.74, 6) is 1.31. The van der Waals surface area contributed by atoms with Crippen LogP contribution in [0.15, 0.2) is 48.5 Å². The lowest BCUT2D eigenvalue weighted by molar-refractivity contribution is 0.475. The fourth-order valence-electron chi connectivity index (χ4n) is 1.98. The number of phenolic OH excluding ortho intramolecular Hbond substituents is 1. The van der Waals surface area contributed by atoms with Crippen molar-refractivity contribution in [1.82, 2.24) is 15.2 Å². The third kappa shape index (κ3) is 2.89. The van der Waals surface area contributed by atoms with Gasteiger partial charge in [-0.1, -0.05) is 23.7 Å². The first-order chi connectivity index (χ1) is 10.1. The molecule has 0 saturated carbocycles. The molecule has 21 heavy (non-hydrogen) atoms. The van der Waals surface area contributed by atoms with Crippen molar-refractivity contribution in [3.8, 4) is 17.1 Å². The van der Waals surface area contributed by atoms with Crippen LogP contribution in [0.25, 0.3) is 11.4 Å². The van der Waals surface area contributed by atoms with Gasteiger partial charge in [0.15, 0.2) is 5.82 Å². The van der Waals surface area contributed by atoms with Gasteiger partial charge in [0.1, 0.15) is 11.6 Å². The van der Waals surface area contributed by atoms with E-state index < -0.39 is 6.04 Å². The van der Waals surface area contributed by atoms with E-state index in [2.05, 4.69) is 15.2 Å². The van der Waals surface area contributed by atoms with Crippen molar-refractivity contribution in [3.63, 3.8) is 0 Å². The Bertz CT molecular complexity index is 737. The van der Waals surface area contributed by atoms with Gasteiger partial charge in [-0.2, -0.15) is 5.10 Å². The summed E-state index contributed by atoms with van der Waals surface area (Å²) in [6.45, 7) is 0. The van der Waals surface area contributed by atoms with Crippen molar-refractivity contribution < 1.29 is 5.11 Å². The minimum Gasteiger partial charge on any atom is -0.508 e. The Kier molecular flexibility index (Phi) is 3.60. The molecule has 0 spiro atoms. The molecule has 0 aliphatic carbocycles. The van der Waals surface area contributed by atoms with Crippen LogP contribution in [0.5, 0.6) is 5.75 Å². The number of benzene rings is 2. The van der Waals surface area contributed by atoms with Crippen molar-refractivity contribution in [2.24, 2.45) is 5.73 Å². The summed E-state index contributed by atoms with van der Waals surface area (Å²) in [5.41, 5.74) is 7.87. The van der Waals surface area contributed by atoms with E-state index in [4.69, 9.17) is 17.3 Å². The number of aromatic nitrogens is 3. The van der Waals surface area contributed by atoms with Gasteiger partial charge in [-0.25, -0.2) is 4.98 Å². The van der Waals surface area contributed by atoms with E-state index in [1.54, 1.807) is 36.4 Å². The highest BCUT2D eigenvalue weighted by Crippen LogP contribution is 2.22. The summed E-state index contributed by atoms with van der Waals surface area (Å²) < 4.78 is 0. The lowest BCUT2D eigenvalue weighted by Gasteiger charge is -2.08. The van der Waals surface area contributed by atoms with Crippen molar-refractivity contribution in [1.29, 1.82) is 0 Å². The van der Waals surface area contributed by atoms with Gasteiger partial charge in [0.2, 0.25) is 0 Å². The monoisotopic (exact) mass is 300 g/mol. The van der Waals surface area contributed by atoms with E-state index in [1.807, 2.05) is 12.1 Å². The molecule has 6 heteroatoms. The van der Waals surface area contributed by atoms with Crippen LogP contribution in [0, 0.1) is 0 Å². The number of nitrogens with zero attached hydrogens (tertiary/aromatic N) is 2. The van der Waals surface area contributed by atoms with Crippen molar-refractivity contribution in [3.05, 3.63) is 64.9 Å². The van der Waals surface area contributed by atoms with Gasteiger partial charge in [-0.3, -0.25) is 5.10 Å². The van der Waals surface area contributed by atoms with Gasteiger partial charge >= 0.3 is 0 Å². The minimum atomic E-state index is -0.402. The Labute approximate surface area is 126 Å². The smallest absolute Gasteiger partial charge is 0.181 e. The van der Waals surface area contributed by atoms with E-state index in [0.29, 0.717) is 16.7 Å². The predicted octanol–water partition coefficient (Wildman–Crippen LogP) is 2.88. The van der Waals surface area contributed by atoms with Gasteiger partial charge < -0.3 is 10.8 Å². The van der Waals surface area contributed by atoms with E-state index in [-0.39, 0.29) is 5.75 Å². The standard InChI is InChI=1S/C15H13ClN4O/c16-11-5-1-9(2-6-11)13(17)15-18-14(19-20-15)10-3-7-12(21)8-4-10/h1-8,13,21H,17H2,(H,18,19,20)/t13-/m0/s1. The molecule has 0 aliphatic rings. The lowest BCUT2D eigenvalue weighted by atomic mass is 10.1. The quantitative estimate of drug-likeness (QED) is 0.694. The molecular formula is C15H13ClN4O. The topological polar surface area (TPSA) is 87.8 Å². The molecule has 2 aromatic carbocycles. The van der Waals surface area contributed by atoms with E-state index in [0.717, 1.165) is 11.1 Å². The Morgan fingerprint density at radius 2 is 1.71 bits per heavy atom. The summed E-state index contributed by atoms with van der Waals surface area (Å²) in [6, 6.07) is 13.6. The maximum Gasteiger partial charge on any atom is 0.181 e. The van der Waals surface area contributed by atoms with Gasteiger partial charge in [0.05, 0.1) is 6.04 Å². The van der Waals surface area contributed by atoms with Crippen LogP contribution in [0.1, 0.15) is 17.4 Å². The molecule has 0 radical (unpaired) electrons. The number of halogens is 1. The number of H-pyrrole nitrogens is 1. The van der Waals surface area contributed by atoms with Crippen LogP contribution in [0.2, 0.25) is 5.02 Å². The summed E-state index contributed by atoms with van der Waals surface area (Å²) >= 11 is 5.86. The van der Waals surface area contributed by atoms with Gasteiger partial charge in [-0.15, -0.1) is 0 Å². The molecule has 5 nitrogen and oxygen atoms in total. The van der Waals surface area contributed by atoms with Crippen molar-refractivity contribution in [2.45, 2.75) is 6.04 Å². The van der Waals surface area contributed by atoms with Crippen LogP contribution >= 0.6 is 11.6 Å². The van der Waals surface area contributed by atoms with Crippen molar-refractivity contribution in [2.75, 3.05) is 0 Å². The predicted molar refractivity (Wildman–Crippen MR) is 81.0 cm³/mol. The molecule has 0 amide bonds. The Morgan fingerprint density at radius 3 is 2.38 bits per heavy atom. The number of nitrogens with one attached hydrogen (secondary N) is 1. The van der Waals surface area contributed by atoms with Crippen LogP contribution in [0.4, 0.5) is 0 Å². The summed E-state index contributed by atoms with van der Waals surface area (Å²) in [5, 5.41) is 17.0. The first-order valence-electron chi connectivity index (χ1n) is 6.36. The number of rotatable bonds is 3. The van der Waals surface area contributed by atoms with Crippen molar-refractivity contribution >= 4 is 11.6 Å². The molecule has 106 valence electrons. The highest BCUT2D eigenvalue weighted by Gasteiger charge is 2.14. The Balaban J connectivity index is 1.87. The van der Waals surface area contributed by atoms with Crippen LogP contribution in [-0.4, -0.2) is 20.3 Å². The maximum atomic E-state index is 9.29. The molecular weight excluding hydrogens is 288 g/mol. The van der Waals surface area contributed by atoms with Crippen LogP contribution < -0.4 is 5.73 Å². The molecule has 0 unspecified atom stereocenters. The first-order valence-corrected chi connectivity index (χ1v) is 6.74. The molecule has 3 aromatic rings. The fourth-order valence-corrected chi connectivity index (χ4v) is 2.11. The molecule has 0 saturated heterocycles. The molecule has 4 N–H and O–H groups in total. The average molecular weight is 301 g/mol. The first kappa shape index (κ1) is 13.6. The SMILES string of the molecule is N[C@@H](c1ccc(Cl)cc1)c1nc(-c2ccc(O)cc2)n[nH]1. The van der Waals surface area contributed by atoms with Crippen LogP contribution in [0.3, 0.4) is 0 Å². The van der Waals surface area contributed by atoms with E-state index in [1.165, 1.54) is 0 Å². The number of nitrogens with two attached hydrogens (primary N) is 1. The molecule has 1 heterocycles. The zero-order valence-corrected chi connectivity index (χ0v) is 11.7. The largest absolute Gasteiger partial charge is 0.508 e. The zero-order valence-electron chi connectivity index (χ0n) is 11.0. The number of hydrogen-bond acceptors (Lipinski definition) is 4. The van der Waals surface area contributed by atoms with E-state index in [9.17, 15) is 5.11 Å². The third-order valence-electron chi connectivity index (χ3n) is 3.15. The average Bonchev–Trinajstić information content (AvgIpc) is 2.98. The number of aromatic hydroxyl groups is 1. The minimum absolute atomic E-state index is 0.201. The summed E-state index contributed by atoms with van der Waals surface area (Å²) in [6.07, 6.45) is 0. The molecule has 1 aromatic heterocycles. The normalized spacial score (nSPS) is 12.3. The summed E-state index contributed by atoms with van der Waals surface area (Å²) in [7, 11) is 0. The highest BCUT2D eigenvalue weighted by atomic mass is 35.5. The molecule has 3 rings (SSSR count). The molecule has 0 aliphatic heterocycles. The molecule has 0 fully saturated rings. The van der Waals surface area contributed by atoms with E-state index >= 15 is 0 Å². The van der Waals surface area contributed by atoms with Gasteiger partial charge in [-0.05, 0) is 42.0 Å². The number of aromatic amines is 1. The number of phenols is 1. The second-order valence-corrected chi connectivity index (χ2v) is 5.06. The second kappa shape index (κ2) is 5.55. The maximum absolute atomic E-state index is 9.29. The fraction of sp³-hybridized carbons (Fsp3) is 0.0667. The Hall–Kier alpha value is -2.37.